The van der Waals surface area contributed by atoms with E-state index in [1.807, 2.05) is 31.2 Å². The van der Waals surface area contributed by atoms with Gasteiger partial charge < -0.3 is 24.2 Å². The van der Waals surface area contributed by atoms with Crippen LogP contribution >= 0.6 is 11.3 Å². The number of methoxy groups -OCH3 is 1. The van der Waals surface area contributed by atoms with Gasteiger partial charge in [-0.25, -0.2) is 8.42 Å². The van der Waals surface area contributed by atoms with Crippen molar-refractivity contribution in [3.05, 3.63) is 71.1 Å². The van der Waals surface area contributed by atoms with Crippen molar-refractivity contribution in [1.82, 2.24) is 9.80 Å². The van der Waals surface area contributed by atoms with Gasteiger partial charge >= 0.3 is 0 Å². The Morgan fingerprint density at radius 1 is 1.15 bits per heavy atom. The third kappa shape index (κ3) is 9.68. The number of amides is 1. The average Bonchev–Trinajstić information content (AvgIpc) is 3.59. The average molecular weight is 674 g/mol. The van der Waals surface area contributed by atoms with Gasteiger partial charge in [-0.05, 0) is 87.5 Å². The number of nitrogens with one attached hydrogen (secondary N) is 1. The third-order valence-corrected chi connectivity index (χ3v) is 10.9. The Morgan fingerprint density at radius 2 is 1.91 bits per heavy atom. The summed E-state index contributed by atoms with van der Waals surface area (Å²) in [5.41, 5.74) is 1.64. The molecule has 0 fully saturated rings. The summed E-state index contributed by atoms with van der Waals surface area (Å²) in [5, 5.41) is 11.9. The van der Waals surface area contributed by atoms with Crippen molar-refractivity contribution in [2.24, 2.45) is 5.92 Å². The van der Waals surface area contributed by atoms with Crippen LogP contribution in [0.5, 0.6) is 11.5 Å². The molecule has 2 aromatic carbocycles. The highest BCUT2D eigenvalue weighted by Gasteiger charge is 2.31. The lowest BCUT2D eigenvalue weighted by Gasteiger charge is -2.36. The van der Waals surface area contributed by atoms with Gasteiger partial charge in [-0.2, -0.15) is 0 Å². The Hall–Kier alpha value is -3.16. The van der Waals surface area contributed by atoms with Crippen molar-refractivity contribution in [2.45, 2.75) is 69.0 Å². The van der Waals surface area contributed by atoms with Crippen LogP contribution < -0.4 is 14.2 Å². The van der Waals surface area contributed by atoms with Crippen LogP contribution in [0.15, 0.2) is 64.2 Å². The van der Waals surface area contributed by atoms with Gasteiger partial charge in [-0.1, -0.05) is 25.1 Å². The number of hydrogen-bond donors (Lipinski definition) is 2. The van der Waals surface area contributed by atoms with Gasteiger partial charge in [0.2, 0.25) is 0 Å². The molecule has 1 aliphatic heterocycles. The molecule has 0 unspecified atom stereocenters. The third-order valence-electron chi connectivity index (χ3n) is 8.17. The molecule has 252 valence electrons. The fourth-order valence-electron chi connectivity index (χ4n) is 5.48. The van der Waals surface area contributed by atoms with E-state index in [-0.39, 0.29) is 46.1 Å². The number of benzene rings is 2. The van der Waals surface area contributed by atoms with Gasteiger partial charge in [0.15, 0.2) is 0 Å². The van der Waals surface area contributed by atoms with E-state index in [1.54, 1.807) is 42.5 Å². The Balaban J connectivity index is 1.61. The second-order valence-electron chi connectivity index (χ2n) is 12.1. The highest BCUT2D eigenvalue weighted by Crippen LogP contribution is 2.30. The number of fused-ring (bicyclic) bond motifs is 1. The number of aliphatic hydroxyl groups is 1. The number of rotatable bonds is 10. The number of likely N-dealkylation sites (N-methyl/N-ethyl adjacent to an activating group) is 1. The van der Waals surface area contributed by atoms with Crippen LogP contribution in [0.1, 0.15) is 56.0 Å². The van der Waals surface area contributed by atoms with E-state index in [2.05, 4.69) is 23.6 Å². The first-order valence-electron chi connectivity index (χ1n) is 15.7. The fraction of sp³-hybridized carbons (Fsp3) is 0.500. The Bertz CT molecular complexity index is 1500. The van der Waals surface area contributed by atoms with Crippen molar-refractivity contribution in [3.63, 3.8) is 0 Å². The zero-order valence-corrected chi connectivity index (χ0v) is 29.0. The summed E-state index contributed by atoms with van der Waals surface area (Å²) in [4.78, 5) is 18.2. The molecule has 0 saturated heterocycles. The molecule has 1 aromatic heterocycles. The number of hydrogen-bond acceptors (Lipinski definition) is 9. The van der Waals surface area contributed by atoms with Gasteiger partial charge in [0, 0.05) is 37.8 Å². The first kappa shape index (κ1) is 35.7. The molecule has 10 nitrogen and oxygen atoms in total. The number of aliphatic hydroxyl groups excluding tert-OH is 1. The van der Waals surface area contributed by atoms with Crippen molar-refractivity contribution < 1.29 is 32.5 Å². The number of ether oxygens (including phenoxy) is 3. The summed E-state index contributed by atoms with van der Waals surface area (Å²) >= 11 is 1.11. The molecule has 0 aliphatic carbocycles. The van der Waals surface area contributed by atoms with Crippen LogP contribution in [0.3, 0.4) is 0 Å². The smallest absolute Gasteiger partial charge is 0.271 e. The Labute approximate surface area is 277 Å². The van der Waals surface area contributed by atoms with Crippen LogP contribution in [0.2, 0.25) is 0 Å². The number of carbonyl (C=O) groups excluding carboxylic acids is 1. The molecule has 1 aliphatic rings. The van der Waals surface area contributed by atoms with E-state index in [1.165, 1.54) is 12.1 Å². The van der Waals surface area contributed by atoms with Gasteiger partial charge in [0.1, 0.15) is 15.7 Å². The lowest BCUT2D eigenvalue weighted by atomic mass is 10.0. The molecule has 3 aromatic rings. The van der Waals surface area contributed by atoms with Gasteiger partial charge in [0.05, 0.1) is 37.5 Å². The molecule has 0 bridgehead atoms. The summed E-state index contributed by atoms with van der Waals surface area (Å²) in [7, 11) is -0.122. The van der Waals surface area contributed by atoms with Crippen LogP contribution in [0.25, 0.3) is 0 Å². The fourth-order valence-corrected chi connectivity index (χ4v) is 7.53. The molecule has 0 radical (unpaired) electrons. The standard InChI is InChI=1S/C34H47N3O7S2/c1-24-20-37(25(2)23-38)34(39)30-19-28(35-46(40,41)33-10-8-18-45-33)13-16-31(30)44-26(3)9-6-7-17-43-32(24)22-36(4)21-27-11-14-29(42-5)15-12-27/h8,10-16,18-19,24-26,32,35,38H,6-7,9,17,20-23H2,1-5H3/t24-,25+,26+,32+/m0/s1. The Morgan fingerprint density at radius 3 is 2.59 bits per heavy atom. The maximum atomic E-state index is 14.3. The molecule has 0 saturated carbocycles. The summed E-state index contributed by atoms with van der Waals surface area (Å²) in [6.45, 7) is 7.86. The van der Waals surface area contributed by atoms with Crippen LogP contribution in [0.4, 0.5) is 5.69 Å². The molecule has 0 spiro atoms. The van der Waals surface area contributed by atoms with Crippen molar-refractivity contribution >= 4 is 33.0 Å². The molecule has 46 heavy (non-hydrogen) atoms. The number of thiophene rings is 1. The lowest BCUT2D eigenvalue weighted by Crippen LogP contribution is -2.47. The minimum Gasteiger partial charge on any atom is -0.497 e. The first-order valence-corrected chi connectivity index (χ1v) is 18.1. The molecule has 2 heterocycles. The molecular weight excluding hydrogens is 627 g/mol. The van der Waals surface area contributed by atoms with E-state index in [0.717, 1.165) is 48.5 Å². The number of nitrogens with zero attached hydrogens (tertiary/aromatic N) is 2. The summed E-state index contributed by atoms with van der Waals surface area (Å²) in [6, 6.07) is 15.5. The van der Waals surface area contributed by atoms with E-state index in [4.69, 9.17) is 14.2 Å². The van der Waals surface area contributed by atoms with Crippen molar-refractivity contribution in [2.75, 3.05) is 45.2 Å². The minimum absolute atomic E-state index is 0.0805. The summed E-state index contributed by atoms with van der Waals surface area (Å²) in [6.07, 6.45) is 2.16. The largest absolute Gasteiger partial charge is 0.497 e. The van der Waals surface area contributed by atoms with E-state index >= 15 is 0 Å². The SMILES string of the molecule is COc1ccc(CN(C)C[C@H]2OCCCC[C@@H](C)Oc3ccc(NS(=O)(=O)c4cccs4)cc3C(=O)N([C@H](C)CO)C[C@@H]2C)cc1. The first-order chi connectivity index (χ1) is 22.0. The topological polar surface area (TPSA) is 118 Å². The molecule has 4 atom stereocenters. The number of carbonyl (C=O) groups is 1. The summed E-state index contributed by atoms with van der Waals surface area (Å²) in [5.74, 6) is 0.757. The van der Waals surface area contributed by atoms with E-state index in [0.29, 0.717) is 25.4 Å². The highest BCUT2D eigenvalue weighted by molar-refractivity contribution is 7.94. The van der Waals surface area contributed by atoms with Crippen LogP contribution in [-0.4, -0.2) is 87.9 Å². The van der Waals surface area contributed by atoms with Crippen LogP contribution in [-0.2, 0) is 21.3 Å². The van der Waals surface area contributed by atoms with Gasteiger partial charge in [-0.15, -0.1) is 11.3 Å². The lowest BCUT2D eigenvalue weighted by molar-refractivity contribution is -0.0177. The van der Waals surface area contributed by atoms with Crippen molar-refractivity contribution in [1.29, 1.82) is 0 Å². The molecular formula is C34H47N3O7S2. The number of anilines is 1. The summed E-state index contributed by atoms with van der Waals surface area (Å²) < 4.78 is 46.8. The highest BCUT2D eigenvalue weighted by atomic mass is 32.2. The maximum absolute atomic E-state index is 14.3. The molecule has 12 heteroatoms. The predicted molar refractivity (Wildman–Crippen MR) is 181 cm³/mol. The predicted octanol–water partition coefficient (Wildman–Crippen LogP) is 5.49. The zero-order valence-electron chi connectivity index (χ0n) is 27.3. The minimum atomic E-state index is -3.83. The molecule has 4 rings (SSSR count). The van der Waals surface area contributed by atoms with E-state index < -0.39 is 16.1 Å². The maximum Gasteiger partial charge on any atom is 0.271 e. The normalized spacial score (nSPS) is 20.8. The van der Waals surface area contributed by atoms with E-state index in [9.17, 15) is 18.3 Å². The zero-order chi connectivity index (χ0) is 33.3. The van der Waals surface area contributed by atoms with Gasteiger partial charge in [0.25, 0.3) is 15.9 Å². The second kappa shape index (κ2) is 16.6. The van der Waals surface area contributed by atoms with Gasteiger partial charge in [-0.3, -0.25) is 14.4 Å². The van der Waals surface area contributed by atoms with Crippen LogP contribution in [0, 0.1) is 5.92 Å². The Kier molecular flexibility index (Phi) is 12.9. The molecule has 2 N–H and O–H groups in total. The van der Waals surface area contributed by atoms with Crippen molar-refractivity contribution in [3.8, 4) is 11.5 Å². The monoisotopic (exact) mass is 673 g/mol. The quantitative estimate of drug-likeness (QED) is 0.291. The number of sulfonamides is 1. The second-order valence-corrected chi connectivity index (χ2v) is 15.0. The molecule has 1 amide bonds.